The van der Waals surface area contributed by atoms with Crippen LogP contribution in [-0.2, 0) is 0 Å². The number of anilines is 3. The Morgan fingerprint density at radius 2 is 0.875 bits per heavy atom. The summed E-state index contributed by atoms with van der Waals surface area (Å²) in [6.07, 6.45) is 0. The number of rotatable bonds is 8. The molecule has 2 nitrogen and oxygen atoms in total. The van der Waals surface area contributed by atoms with Crippen LogP contribution < -0.4 is 4.90 Å². The van der Waals surface area contributed by atoms with Gasteiger partial charge in [0.1, 0.15) is 11.2 Å². The SMILES string of the molecule is c1ccc(-c2ccc(-c3ccc(N(c4cccc(-c5cccc6ccccc56)c4)c4ccccc4-c4cccc5oc6c7ccccc7ccc6c45)cc3)cc2-c2ccccc2)cc1. The van der Waals surface area contributed by atoms with E-state index < -0.39 is 0 Å². The number of hydrogen-bond donors (Lipinski definition) is 0. The molecule has 1 heterocycles. The minimum absolute atomic E-state index is 0.876. The van der Waals surface area contributed by atoms with Crippen molar-refractivity contribution in [2.24, 2.45) is 0 Å². The molecule has 1 aromatic heterocycles. The Labute approximate surface area is 372 Å². The molecular formula is C62H41NO. The summed E-state index contributed by atoms with van der Waals surface area (Å²) in [4.78, 5) is 2.41. The maximum Gasteiger partial charge on any atom is 0.143 e. The van der Waals surface area contributed by atoms with Crippen LogP contribution in [0.2, 0.25) is 0 Å². The molecule has 0 bridgehead atoms. The summed E-state index contributed by atoms with van der Waals surface area (Å²) < 4.78 is 6.71. The van der Waals surface area contributed by atoms with Crippen LogP contribution in [0.25, 0.3) is 99.1 Å². The fraction of sp³-hybridized carbons (Fsp3) is 0. The van der Waals surface area contributed by atoms with E-state index in [-0.39, 0.29) is 0 Å². The fourth-order valence-corrected chi connectivity index (χ4v) is 9.64. The third-order valence-electron chi connectivity index (χ3n) is 12.7. The van der Waals surface area contributed by atoms with E-state index in [2.05, 4.69) is 254 Å². The maximum absolute atomic E-state index is 6.71. The predicted octanol–water partition coefficient (Wildman–Crippen LogP) is 17.7. The minimum Gasteiger partial charge on any atom is -0.455 e. The lowest BCUT2D eigenvalue weighted by Gasteiger charge is -2.28. The molecule has 0 saturated heterocycles. The van der Waals surface area contributed by atoms with Crippen LogP contribution in [0.3, 0.4) is 0 Å². The van der Waals surface area contributed by atoms with Gasteiger partial charge in [-0.3, -0.25) is 0 Å². The summed E-state index contributed by atoms with van der Waals surface area (Å²) in [5, 5.41) is 6.97. The van der Waals surface area contributed by atoms with E-state index in [1.165, 1.54) is 49.5 Å². The molecule has 0 spiro atoms. The number of benzene rings is 11. The van der Waals surface area contributed by atoms with Gasteiger partial charge in [0, 0.05) is 33.1 Å². The van der Waals surface area contributed by atoms with Gasteiger partial charge in [-0.2, -0.15) is 0 Å². The van der Waals surface area contributed by atoms with Gasteiger partial charge in [0.15, 0.2) is 0 Å². The molecule has 0 radical (unpaired) electrons. The van der Waals surface area contributed by atoms with Gasteiger partial charge < -0.3 is 9.32 Å². The van der Waals surface area contributed by atoms with Crippen molar-refractivity contribution in [3.8, 4) is 55.6 Å². The first-order valence-electron chi connectivity index (χ1n) is 21.9. The van der Waals surface area contributed by atoms with Crippen LogP contribution in [0.4, 0.5) is 17.1 Å². The van der Waals surface area contributed by atoms with E-state index in [0.29, 0.717) is 0 Å². The normalized spacial score (nSPS) is 11.4. The van der Waals surface area contributed by atoms with E-state index in [4.69, 9.17) is 4.42 Å². The number of furan rings is 1. The van der Waals surface area contributed by atoms with Crippen molar-refractivity contribution < 1.29 is 4.42 Å². The van der Waals surface area contributed by atoms with Crippen molar-refractivity contribution in [1.82, 2.24) is 0 Å². The smallest absolute Gasteiger partial charge is 0.143 e. The Balaban J connectivity index is 1.03. The van der Waals surface area contributed by atoms with Crippen LogP contribution >= 0.6 is 0 Å². The van der Waals surface area contributed by atoms with Crippen LogP contribution in [-0.4, -0.2) is 0 Å². The summed E-state index contributed by atoms with van der Waals surface area (Å²) >= 11 is 0. The zero-order chi connectivity index (χ0) is 42.4. The molecule has 0 N–H and O–H groups in total. The summed E-state index contributed by atoms with van der Waals surface area (Å²) in [5.74, 6) is 0. The van der Waals surface area contributed by atoms with E-state index >= 15 is 0 Å². The van der Waals surface area contributed by atoms with E-state index in [1.54, 1.807) is 0 Å². The average Bonchev–Trinajstić information content (AvgIpc) is 3.77. The minimum atomic E-state index is 0.876. The number of hydrogen-bond acceptors (Lipinski definition) is 2. The van der Waals surface area contributed by atoms with Crippen LogP contribution in [0.5, 0.6) is 0 Å². The molecule has 0 saturated carbocycles. The Kier molecular flexibility index (Phi) is 9.20. The van der Waals surface area contributed by atoms with Gasteiger partial charge in [-0.1, -0.05) is 200 Å². The maximum atomic E-state index is 6.71. The highest BCUT2D eigenvalue weighted by Crippen LogP contribution is 2.47. The highest BCUT2D eigenvalue weighted by Gasteiger charge is 2.22. The van der Waals surface area contributed by atoms with Gasteiger partial charge in [0.2, 0.25) is 0 Å². The van der Waals surface area contributed by atoms with E-state index in [1.807, 2.05) is 0 Å². The Morgan fingerprint density at radius 1 is 0.281 bits per heavy atom. The van der Waals surface area contributed by atoms with Crippen LogP contribution in [0.15, 0.2) is 253 Å². The molecule has 12 aromatic rings. The monoisotopic (exact) mass is 815 g/mol. The molecule has 12 rings (SSSR count). The van der Waals surface area contributed by atoms with Crippen molar-refractivity contribution in [3.63, 3.8) is 0 Å². The molecule has 0 amide bonds. The molecule has 0 fully saturated rings. The summed E-state index contributed by atoms with van der Waals surface area (Å²) in [5.41, 5.74) is 16.8. The van der Waals surface area contributed by atoms with Crippen molar-refractivity contribution in [2.45, 2.75) is 0 Å². The van der Waals surface area contributed by atoms with Crippen molar-refractivity contribution >= 4 is 60.5 Å². The Morgan fingerprint density at radius 3 is 1.69 bits per heavy atom. The Bertz CT molecular complexity index is 3660. The molecule has 300 valence electrons. The number of para-hydroxylation sites is 1. The number of nitrogens with zero attached hydrogens (tertiary/aromatic N) is 1. The summed E-state index contributed by atoms with van der Waals surface area (Å²) in [6, 6.07) is 89.6. The first kappa shape index (κ1) is 37.3. The summed E-state index contributed by atoms with van der Waals surface area (Å²) in [6.45, 7) is 0. The molecule has 0 aliphatic rings. The first-order chi connectivity index (χ1) is 31.7. The zero-order valence-corrected chi connectivity index (χ0v) is 35.0. The third kappa shape index (κ3) is 6.52. The van der Waals surface area contributed by atoms with Gasteiger partial charge in [-0.05, 0) is 115 Å². The molecule has 2 heteroatoms. The second-order valence-corrected chi connectivity index (χ2v) is 16.4. The van der Waals surface area contributed by atoms with Crippen LogP contribution in [0, 0.1) is 0 Å². The lowest BCUT2D eigenvalue weighted by Crippen LogP contribution is -2.11. The molecule has 11 aromatic carbocycles. The van der Waals surface area contributed by atoms with Crippen molar-refractivity contribution in [3.05, 3.63) is 249 Å². The van der Waals surface area contributed by atoms with Gasteiger partial charge in [-0.15, -0.1) is 0 Å². The lowest BCUT2D eigenvalue weighted by molar-refractivity contribution is 0.673. The highest BCUT2D eigenvalue weighted by molar-refractivity contribution is 6.19. The predicted molar refractivity (Wildman–Crippen MR) is 271 cm³/mol. The molecule has 0 aliphatic heterocycles. The largest absolute Gasteiger partial charge is 0.455 e. The highest BCUT2D eigenvalue weighted by atomic mass is 16.3. The quantitative estimate of drug-likeness (QED) is 0.152. The fourth-order valence-electron chi connectivity index (χ4n) is 9.64. The molecular weight excluding hydrogens is 775 g/mol. The molecule has 0 atom stereocenters. The first-order valence-corrected chi connectivity index (χ1v) is 21.9. The lowest BCUT2D eigenvalue weighted by atomic mass is 9.91. The zero-order valence-electron chi connectivity index (χ0n) is 35.0. The van der Waals surface area contributed by atoms with E-state index in [9.17, 15) is 0 Å². The van der Waals surface area contributed by atoms with E-state index in [0.717, 1.165) is 66.6 Å². The van der Waals surface area contributed by atoms with Crippen molar-refractivity contribution in [1.29, 1.82) is 0 Å². The van der Waals surface area contributed by atoms with Gasteiger partial charge in [0.25, 0.3) is 0 Å². The van der Waals surface area contributed by atoms with Crippen molar-refractivity contribution in [2.75, 3.05) is 4.90 Å². The average molecular weight is 816 g/mol. The summed E-state index contributed by atoms with van der Waals surface area (Å²) in [7, 11) is 0. The Hall–Kier alpha value is -8.46. The molecule has 0 aliphatic carbocycles. The topological polar surface area (TPSA) is 16.4 Å². The molecule has 64 heavy (non-hydrogen) atoms. The molecule has 0 unspecified atom stereocenters. The van der Waals surface area contributed by atoms with Gasteiger partial charge >= 0.3 is 0 Å². The third-order valence-corrected chi connectivity index (χ3v) is 12.7. The number of fused-ring (bicyclic) bond motifs is 6. The van der Waals surface area contributed by atoms with Crippen LogP contribution in [0.1, 0.15) is 0 Å². The van der Waals surface area contributed by atoms with Gasteiger partial charge in [0.05, 0.1) is 5.69 Å². The van der Waals surface area contributed by atoms with Gasteiger partial charge in [-0.25, -0.2) is 0 Å². The second-order valence-electron chi connectivity index (χ2n) is 16.4. The second kappa shape index (κ2) is 15.8. The standard InChI is InChI=1S/C62H41NO/c1-3-16-43(17-4-1)53-38-35-47(41-58(53)45-18-5-2-6-19-45)42-32-36-49(37-33-42)63(50-24-13-23-48(40-50)52-28-14-22-44-20-7-9-25-51(44)52)59-30-12-11-27-55(59)56-29-15-31-60-61(56)57-39-34-46-21-8-10-26-54(46)62(57)64-60/h1-41H.